The molecule has 2 aromatic heterocycles. The molecule has 32 heavy (non-hydrogen) atoms. The minimum absolute atomic E-state index is 0.241. The van der Waals surface area contributed by atoms with Crippen molar-refractivity contribution in [3.05, 3.63) is 70.8 Å². The van der Waals surface area contributed by atoms with Gasteiger partial charge in [0.25, 0.3) is 5.56 Å². The molecular weight excluding hydrogens is 406 g/mol. The first-order valence-electron chi connectivity index (χ1n) is 10.1. The quantitative estimate of drug-likeness (QED) is 0.372. The predicted molar refractivity (Wildman–Crippen MR) is 126 cm³/mol. The van der Waals surface area contributed by atoms with Crippen LogP contribution in [0.5, 0.6) is 11.6 Å². The molecule has 162 valence electrons. The number of aliphatic imine (C=N–C) groups is 1. The average Bonchev–Trinajstić information content (AvgIpc) is 2.81. The van der Waals surface area contributed by atoms with Gasteiger partial charge in [0, 0.05) is 36.4 Å². The van der Waals surface area contributed by atoms with Crippen LogP contribution in [0.1, 0.15) is 12.5 Å². The van der Waals surface area contributed by atoms with Crippen LogP contribution in [0.2, 0.25) is 0 Å². The molecular formula is C24H23N5O3. The largest absolute Gasteiger partial charge is 0.497 e. The second-order valence-electron chi connectivity index (χ2n) is 6.98. The molecule has 0 aliphatic rings. The standard InChI is InChI=1S/C24H23N5O3/c1-4-32-21-13-27-20-14-29(17-7-10-19(25)16(11-17)12-26-2)24(30)22(23(20)28-21)15-5-8-18(31-3)9-6-15/h5-14H,4,25H2,1-3H3. The maximum absolute atomic E-state index is 13.7. The molecule has 0 amide bonds. The molecule has 0 aliphatic carbocycles. The summed E-state index contributed by atoms with van der Waals surface area (Å²) in [6.07, 6.45) is 4.88. The van der Waals surface area contributed by atoms with Crippen molar-refractivity contribution in [1.29, 1.82) is 0 Å². The Kier molecular flexibility index (Phi) is 5.85. The molecule has 8 heteroatoms. The SMILES string of the molecule is CCOc1cnc2cn(-c3ccc(N)c(C=NC)c3)c(=O)c(-c3ccc(OC)cc3)c2n1. The van der Waals surface area contributed by atoms with Crippen LogP contribution in [0.4, 0.5) is 5.69 Å². The second-order valence-corrected chi connectivity index (χ2v) is 6.98. The summed E-state index contributed by atoms with van der Waals surface area (Å²) in [5, 5.41) is 0. The first-order chi connectivity index (χ1) is 15.5. The van der Waals surface area contributed by atoms with Crippen LogP contribution in [0.15, 0.2) is 64.6 Å². The van der Waals surface area contributed by atoms with Gasteiger partial charge in [0.2, 0.25) is 5.88 Å². The minimum atomic E-state index is -0.241. The smallest absolute Gasteiger partial charge is 0.265 e. The normalized spacial score (nSPS) is 11.2. The molecule has 2 N–H and O–H groups in total. The molecule has 0 radical (unpaired) electrons. The Morgan fingerprint density at radius 2 is 1.97 bits per heavy atom. The number of methoxy groups -OCH3 is 1. The van der Waals surface area contributed by atoms with Gasteiger partial charge in [0.1, 0.15) is 16.8 Å². The molecule has 0 saturated heterocycles. The van der Waals surface area contributed by atoms with Crippen molar-refractivity contribution in [3.8, 4) is 28.4 Å². The van der Waals surface area contributed by atoms with Gasteiger partial charge in [-0.1, -0.05) is 12.1 Å². The molecule has 2 aromatic carbocycles. The maximum Gasteiger partial charge on any atom is 0.265 e. The average molecular weight is 429 g/mol. The van der Waals surface area contributed by atoms with Gasteiger partial charge in [-0.2, -0.15) is 0 Å². The third kappa shape index (κ3) is 3.90. The van der Waals surface area contributed by atoms with Crippen LogP contribution >= 0.6 is 0 Å². The molecule has 0 bridgehead atoms. The van der Waals surface area contributed by atoms with E-state index in [0.717, 1.165) is 5.56 Å². The van der Waals surface area contributed by atoms with Gasteiger partial charge in [0.15, 0.2) is 0 Å². The number of nitrogens with two attached hydrogens (primary N) is 1. The molecule has 0 spiro atoms. The van der Waals surface area contributed by atoms with Crippen LogP contribution in [-0.2, 0) is 0 Å². The van der Waals surface area contributed by atoms with E-state index in [-0.39, 0.29) is 5.56 Å². The summed E-state index contributed by atoms with van der Waals surface area (Å²) in [7, 11) is 3.26. The Morgan fingerprint density at radius 3 is 2.66 bits per heavy atom. The topological polar surface area (TPSA) is 105 Å². The highest BCUT2D eigenvalue weighted by atomic mass is 16.5. The molecule has 4 aromatic rings. The van der Waals surface area contributed by atoms with Gasteiger partial charge in [-0.25, -0.2) is 9.97 Å². The fourth-order valence-corrected chi connectivity index (χ4v) is 3.45. The molecule has 0 aliphatic heterocycles. The summed E-state index contributed by atoms with van der Waals surface area (Å²) in [6, 6.07) is 12.6. The van der Waals surface area contributed by atoms with E-state index in [1.54, 1.807) is 61.6 Å². The van der Waals surface area contributed by atoms with Crippen LogP contribution in [0, 0.1) is 0 Å². The van der Waals surface area contributed by atoms with Crippen molar-refractivity contribution >= 4 is 22.9 Å². The predicted octanol–water partition coefficient (Wildman–Crippen LogP) is 3.49. The van der Waals surface area contributed by atoms with Crippen molar-refractivity contribution in [2.45, 2.75) is 6.92 Å². The lowest BCUT2D eigenvalue weighted by atomic mass is 10.0. The fourth-order valence-electron chi connectivity index (χ4n) is 3.45. The Hall–Kier alpha value is -4.20. The van der Waals surface area contributed by atoms with Crippen LogP contribution < -0.4 is 20.8 Å². The van der Waals surface area contributed by atoms with E-state index in [9.17, 15) is 4.79 Å². The molecule has 0 fully saturated rings. The number of nitrogens with zero attached hydrogens (tertiary/aromatic N) is 4. The zero-order valence-electron chi connectivity index (χ0n) is 18.1. The summed E-state index contributed by atoms with van der Waals surface area (Å²) in [5.74, 6) is 1.05. The lowest BCUT2D eigenvalue weighted by molar-refractivity contribution is 0.327. The van der Waals surface area contributed by atoms with Crippen molar-refractivity contribution in [3.63, 3.8) is 0 Å². The van der Waals surface area contributed by atoms with Crippen molar-refractivity contribution in [2.24, 2.45) is 4.99 Å². The summed E-state index contributed by atoms with van der Waals surface area (Å²) >= 11 is 0. The monoisotopic (exact) mass is 429 g/mol. The Bertz CT molecular complexity index is 1360. The van der Waals surface area contributed by atoms with E-state index in [2.05, 4.69) is 15.0 Å². The molecule has 0 saturated carbocycles. The molecule has 0 atom stereocenters. The Balaban J connectivity index is 2.02. The maximum atomic E-state index is 13.7. The van der Waals surface area contributed by atoms with Gasteiger partial charge in [-0.15, -0.1) is 0 Å². The Morgan fingerprint density at radius 1 is 1.19 bits per heavy atom. The number of rotatable bonds is 6. The summed E-state index contributed by atoms with van der Waals surface area (Å²) in [5.41, 5.74) is 9.89. The van der Waals surface area contributed by atoms with E-state index in [1.165, 1.54) is 0 Å². The van der Waals surface area contributed by atoms with Gasteiger partial charge in [-0.3, -0.25) is 14.4 Å². The zero-order chi connectivity index (χ0) is 22.7. The highest BCUT2D eigenvalue weighted by molar-refractivity contribution is 5.91. The van der Waals surface area contributed by atoms with Crippen molar-refractivity contribution in [2.75, 3.05) is 26.5 Å². The van der Waals surface area contributed by atoms with E-state index in [4.69, 9.17) is 15.2 Å². The number of hydrogen-bond acceptors (Lipinski definition) is 7. The lowest BCUT2D eigenvalue weighted by Crippen LogP contribution is -2.21. The summed E-state index contributed by atoms with van der Waals surface area (Å²) in [6.45, 7) is 2.31. The highest BCUT2D eigenvalue weighted by Crippen LogP contribution is 2.27. The number of anilines is 1. The van der Waals surface area contributed by atoms with Crippen molar-refractivity contribution in [1.82, 2.24) is 14.5 Å². The zero-order valence-corrected chi connectivity index (χ0v) is 18.1. The minimum Gasteiger partial charge on any atom is -0.497 e. The van der Waals surface area contributed by atoms with Crippen LogP contribution in [0.25, 0.3) is 27.8 Å². The first-order valence-corrected chi connectivity index (χ1v) is 10.1. The van der Waals surface area contributed by atoms with Gasteiger partial charge in [-0.05, 0) is 42.8 Å². The number of pyridine rings is 1. The molecule has 4 rings (SSSR count). The second kappa shape index (κ2) is 8.89. The number of nitrogen functional groups attached to an aromatic ring is 1. The van der Waals surface area contributed by atoms with Gasteiger partial charge in [0.05, 0.1) is 25.5 Å². The first kappa shape index (κ1) is 21.0. The van der Waals surface area contributed by atoms with Crippen molar-refractivity contribution < 1.29 is 9.47 Å². The molecule has 2 heterocycles. The third-order valence-corrected chi connectivity index (χ3v) is 4.99. The van der Waals surface area contributed by atoms with Gasteiger partial charge >= 0.3 is 0 Å². The summed E-state index contributed by atoms with van der Waals surface area (Å²) < 4.78 is 12.3. The van der Waals surface area contributed by atoms with E-state index >= 15 is 0 Å². The highest BCUT2D eigenvalue weighted by Gasteiger charge is 2.17. The van der Waals surface area contributed by atoms with Crippen LogP contribution in [-0.4, -0.2) is 41.5 Å². The fraction of sp³-hybridized carbons (Fsp3) is 0.167. The third-order valence-electron chi connectivity index (χ3n) is 4.99. The summed E-state index contributed by atoms with van der Waals surface area (Å²) in [4.78, 5) is 26.8. The number of ether oxygens (including phenoxy) is 2. The number of benzene rings is 2. The van der Waals surface area contributed by atoms with E-state index in [1.807, 2.05) is 25.1 Å². The lowest BCUT2D eigenvalue weighted by Gasteiger charge is -2.14. The number of fused-ring (bicyclic) bond motifs is 1. The van der Waals surface area contributed by atoms with Crippen LogP contribution in [0.3, 0.4) is 0 Å². The molecule has 8 nitrogen and oxygen atoms in total. The molecule has 0 unspecified atom stereocenters. The Labute approximate surface area is 185 Å². The van der Waals surface area contributed by atoms with E-state index in [0.29, 0.717) is 51.8 Å². The number of aromatic nitrogens is 3. The van der Waals surface area contributed by atoms with E-state index < -0.39 is 0 Å². The number of hydrogen-bond donors (Lipinski definition) is 1. The van der Waals surface area contributed by atoms with Gasteiger partial charge < -0.3 is 15.2 Å².